The van der Waals surface area contributed by atoms with Gasteiger partial charge in [0.1, 0.15) is 0 Å². The Bertz CT molecular complexity index is 372. The minimum absolute atomic E-state index is 0.00598. The monoisotopic (exact) mass is 184 g/mol. The molecule has 6 atom stereocenters. The summed E-state index contributed by atoms with van der Waals surface area (Å²) in [5.41, 5.74) is 3.17. The molecule has 0 nitrogen and oxygen atoms in total. The van der Waals surface area contributed by atoms with Crippen LogP contribution in [0.25, 0.3) is 0 Å². The average molecular weight is 185 g/mol. The maximum atomic E-state index is 6.50. The van der Waals surface area contributed by atoms with E-state index in [0.29, 0.717) is 0 Å². The second-order valence-corrected chi connectivity index (χ2v) is 5.94. The molecule has 0 N–H and O–H groups in total. The van der Waals surface area contributed by atoms with Crippen molar-refractivity contribution in [1.82, 2.24) is 0 Å². The molecule has 6 rings (SSSR count). The second kappa shape index (κ2) is 0.914. The molecule has 0 radical (unpaired) electrons. The van der Waals surface area contributed by atoms with Gasteiger partial charge in [-0.2, -0.15) is 0 Å². The molecule has 56 valence electrons. The van der Waals surface area contributed by atoms with Crippen LogP contribution in [0.3, 0.4) is 0 Å². The molecular formula is C9H6Cl2. The van der Waals surface area contributed by atoms with E-state index in [1.165, 1.54) is 6.42 Å². The molecule has 0 spiro atoms. The third kappa shape index (κ3) is 0.190. The number of hydrogen-bond donors (Lipinski definition) is 0. The van der Waals surface area contributed by atoms with Gasteiger partial charge in [-0.05, 0) is 41.2 Å². The van der Waals surface area contributed by atoms with E-state index in [9.17, 15) is 0 Å². The highest BCUT2D eigenvalue weighted by molar-refractivity contribution is 6.44. The van der Waals surface area contributed by atoms with Crippen LogP contribution in [-0.2, 0) is 0 Å². The predicted molar refractivity (Wildman–Crippen MR) is 42.8 cm³/mol. The van der Waals surface area contributed by atoms with Crippen molar-refractivity contribution in [2.24, 2.45) is 23.7 Å². The molecule has 2 heteroatoms. The molecular weight excluding hydrogens is 179 g/mol. The van der Waals surface area contributed by atoms with E-state index in [1.807, 2.05) is 0 Å². The largest absolute Gasteiger partial charge is 0.112 e. The van der Waals surface area contributed by atoms with E-state index < -0.39 is 0 Å². The summed E-state index contributed by atoms with van der Waals surface area (Å²) < 4.78 is 0. The van der Waals surface area contributed by atoms with Crippen LogP contribution in [0.2, 0.25) is 0 Å². The van der Waals surface area contributed by atoms with Gasteiger partial charge < -0.3 is 0 Å². The van der Waals surface area contributed by atoms with Crippen LogP contribution >= 0.6 is 23.2 Å². The van der Waals surface area contributed by atoms with Crippen molar-refractivity contribution >= 4 is 23.2 Å². The first-order chi connectivity index (χ1) is 5.22. The van der Waals surface area contributed by atoms with E-state index >= 15 is 0 Å². The first kappa shape index (κ1) is 5.14. The lowest BCUT2D eigenvalue weighted by atomic mass is 9.27. The van der Waals surface area contributed by atoms with E-state index in [0.717, 1.165) is 23.7 Å². The van der Waals surface area contributed by atoms with Gasteiger partial charge in [0.15, 0.2) is 0 Å². The van der Waals surface area contributed by atoms with E-state index in [1.54, 1.807) is 11.1 Å². The average Bonchev–Trinajstić information content (AvgIpc) is 2.15. The Kier molecular flexibility index (Phi) is 0.427. The normalized spacial score (nSPS) is 83.5. The van der Waals surface area contributed by atoms with Crippen LogP contribution in [0.5, 0.6) is 0 Å². The second-order valence-electron chi connectivity index (χ2n) is 4.75. The predicted octanol–water partition coefficient (Wildman–Crippen LogP) is 2.16. The van der Waals surface area contributed by atoms with Gasteiger partial charge in [0.25, 0.3) is 0 Å². The van der Waals surface area contributed by atoms with Crippen LogP contribution in [-0.4, -0.2) is 9.75 Å². The molecule has 0 saturated heterocycles. The zero-order valence-corrected chi connectivity index (χ0v) is 7.28. The van der Waals surface area contributed by atoms with Gasteiger partial charge in [-0.25, -0.2) is 0 Å². The van der Waals surface area contributed by atoms with Gasteiger partial charge in [-0.1, -0.05) is 0 Å². The summed E-state index contributed by atoms with van der Waals surface area (Å²) in [6.07, 6.45) is 1.37. The number of hydrogen-bond acceptors (Lipinski definition) is 0. The third-order valence-corrected chi connectivity index (χ3v) is 6.67. The van der Waals surface area contributed by atoms with Gasteiger partial charge in [-0.3, -0.25) is 0 Å². The Morgan fingerprint density at radius 2 is 2.00 bits per heavy atom. The molecule has 0 amide bonds. The van der Waals surface area contributed by atoms with Crippen LogP contribution in [0.15, 0.2) is 11.1 Å². The SMILES string of the molecule is ClC12C3=C4C5C3CC1C5C42Cl. The number of alkyl halides is 2. The lowest BCUT2D eigenvalue weighted by Crippen LogP contribution is -2.88. The number of halogens is 2. The maximum absolute atomic E-state index is 6.50. The molecule has 0 aliphatic heterocycles. The highest BCUT2D eigenvalue weighted by Crippen LogP contribution is 2.97. The number of rotatable bonds is 0. The van der Waals surface area contributed by atoms with Gasteiger partial charge in [0, 0.05) is 0 Å². The smallest absolute Gasteiger partial charge is 0.0930 e. The van der Waals surface area contributed by atoms with Gasteiger partial charge in [0.2, 0.25) is 0 Å². The zero-order chi connectivity index (χ0) is 7.17. The quantitative estimate of drug-likeness (QED) is 0.400. The van der Waals surface area contributed by atoms with Crippen molar-refractivity contribution in [3.8, 4) is 0 Å². The fraction of sp³-hybridized carbons (Fsp3) is 0.778. The standard InChI is InChI=1S/C9H6Cl2/c10-8-3-1-2-4-6(3)9(8,11)7(4)5(2)8/h2-4,6H,1H2. The lowest BCUT2D eigenvalue weighted by Gasteiger charge is -2.84. The molecule has 0 aromatic rings. The Balaban J connectivity index is 2.05. The van der Waals surface area contributed by atoms with Crippen LogP contribution in [0.1, 0.15) is 6.42 Å². The molecule has 0 heterocycles. The van der Waals surface area contributed by atoms with Crippen molar-refractivity contribution in [2.45, 2.75) is 16.2 Å². The Morgan fingerprint density at radius 1 is 1.18 bits per heavy atom. The van der Waals surface area contributed by atoms with E-state index in [4.69, 9.17) is 23.2 Å². The van der Waals surface area contributed by atoms with Crippen molar-refractivity contribution in [3.05, 3.63) is 11.1 Å². The molecule has 0 aromatic heterocycles. The van der Waals surface area contributed by atoms with Gasteiger partial charge in [-0.15, -0.1) is 23.2 Å². The van der Waals surface area contributed by atoms with Crippen LogP contribution in [0, 0.1) is 23.7 Å². The Hall–Kier alpha value is 0.320. The summed E-state index contributed by atoms with van der Waals surface area (Å²) in [6.45, 7) is 0. The fourth-order valence-electron chi connectivity index (χ4n) is 4.90. The van der Waals surface area contributed by atoms with Crippen molar-refractivity contribution < 1.29 is 0 Å². The molecule has 2 bridgehead atoms. The summed E-state index contributed by atoms with van der Waals surface area (Å²) in [6, 6.07) is 0. The van der Waals surface area contributed by atoms with Crippen LogP contribution < -0.4 is 0 Å². The van der Waals surface area contributed by atoms with Gasteiger partial charge in [0.05, 0.1) is 9.75 Å². The molecule has 0 aromatic carbocycles. The van der Waals surface area contributed by atoms with E-state index in [2.05, 4.69) is 0 Å². The minimum atomic E-state index is -0.00598. The maximum Gasteiger partial charge on any atom is 0.0930 e. The summed E-state index contributed by atoms with van der Waals surface area (Å²) in [5, 5.41) is 0. The van der Waals surface area contributed by atoms with E-state index in [-0.39, 0.29) is 9.75 Å². The van der Waals surface area contributed by atoms with Gasteiger partial charge >= 0.3 is 0 Å². The highest BCUT2D eigenvalue weighted by atomic mass is 35.5. The van der Waals surface area contributed by atoms with Crippen molar-refractivity contribution in [3.63, 3.8) is 0 Å². The van der Waals surface area contributed by atoms with Crippen LogP contribution in [0.4, 0.5) is 0 Å². The topological polar surface area (TPSA) is 0 Å². The molecule has 6 unspecified atom stereocenters. The fourth-order valence-corrected chi connectivity index (χ4v) is 6.35. The third-order valence-electron chi connectivity index (χ3n) is 5.04. The summed E-state index contributed by atoms with van der Waals surface area (Å²) >= 11 is 12.9. The summed E-state index contributed by atoms with van der Waals surface area (Å²) in [5.74, 6) is 3.41. The summed E-state index contributed by atoms with van der Waals surface area (Å²) in [4.78, 5) is 0.000193. The Morgan fingerprint density at radius 3 is 2.55 bits per heavy atom. The Labute approximate surface area is 74.5 Å². The zero-order valence-electron chi connectivity index (χ0n) is 5.77. The first-order valence-electron chi connectivity index (χ1n) is 4.35. The number of allylic oxidation sites excluding steroid dienone is 2. The lowest BCUT2D eigenvalue weighted by molar-refractivity contribution is -0.0675. The van der Waals surface area contributed by atoms with Crippen molar-refractivity contribution in [2.75, 3.05) is 0 Å². The molecule has 6 aliphatic carbocycles. The molecule has 6 aliphatic rings. The first-order valence-corrected chi connectivity index (χ1v) is 5.11. The summed E-state index contributed by atoms with van der Waals surface area (Å²) in [7, 11) is 0. The molecule has 4 fully saturated rings. The molecule has 11 heavy (non-hydrogen) atoms. The minimum Gasteiger partial charge on any atom is -0.112 e. The highest BCUT2D eigenvalue weighted by Gasteiger charge is 2.98. The van der Waals surface area contributed by atoms with Crippen molar-refractivity contribution in [1.29, 1.82) is 0 Å². The molecule has 4 saturated carbocycles.